The van der Waals surface area contributed by atoms with Crippen LogP contribution in [0.4, 0.5) is 11.4 Å². The molecule has 1 aliphatic heterocycles. The number of amides is 3. The highest BCUT2D eigenvalue weighted by Crippen LogP contribution is 2.28. The number of non-ortho nitro benzene ring substituents is 1. The molecular formula is C25H20IN3O5. The van der Waals surface area contributed by atoms with Crippen molar-refractivity contribution in [3.05, 3.63) is 103 Å². The fourth-order valence-electron chi connectivity index (χ4n) is 3.83. The van der Waals surface area contributed by atoms with Crippen LogP contribution in [0.15, 0.2) is 72.8 Å². The van der Waals surface area contributed by atoms with Crippen LogP contribution in [0, 0.1) is 20.6 Å². The van der Waals surface area contributed by atoms with Crippen molar-refractivity contribution in [3.8, 4) is 0 Å². The summed E-state index contributed by atoms with van der Waals surface area (Å²) in [6, 6.07) is 18.8. The molecule has 8 nitrogen and oxygen atoms in total. The number of rotatable bonds is 6. The molecular weight excluding hydrogens is 549 g/mol. The van der Waals surface area contributed by atoms with Crippen LogP contribution in [0.3, 0.4) is 0 Å². The Labute approximate surface area is 209 Å². The Bertz CT molecular complexity index is 1260. The van der Waals surface area contributed by atoms with E-state index in [0.29, 0.717) is 5.69 Å². The van der Waals surface area contributed by atoms with Gasteiger partial charge >= 0.3 is 0 Å². The number of aryl methyl sites for hydroxylation is 1. The normalized spacial score (nSPS) is 15.5. The van der Waals surface area contributed by atoms with Crippen LogP contribution >= 0.6 is 22.6 Å². The topological polar surface area (TPSA) is 101 Å². The van der Waals surface area contributed by atoms with Gasteiger partial charge in [0, 0.05) is 27.8 Å². The van der Waals surface area contributed by atoms with Gasteiger partial charge in [-0.05, 0) is 71.5 Å². The van der Waals surface area contributed by atoms with Gasteiger partial charge in [0.05, 0.1) is 17.0 Å². The standard InChI is InChI=1S/C25H20IN3O5/c1-16-2-4-17(5-3-16)15-27(24(31)18-6-10-21(11-7-18)29(33)34)22-14-23(30)28(25(22)32)20-12-8-19(26)9-13-20/h2-13,22H,14-15H2,1H3. The zero-order valence-corrected chi connectivity index (χ0v) is 20.3. The molecule has 0 saturated carbocycles. The Hall–Kier alpha value is -3.60. The summed E-state index contributed by atoms with van der Waals surface area (Å²) in [6.45, 7) is 2.06. The molecule has 34 heavy (non-hydrogen) atoms. The van der Waals surface area contributed by atoms with Crippen LogP contribution in [0.1, 0.15) is 27.9 Å². The largest absolute Gasteiger partial charge is 0.322 e. The van der Waals surface area contributed by atoms with Crippen LogP contribution in [0.5, 0.6) is 0 Å². The molecule has 1 saturated heterocycles. The SMILES string of the molecule is Cc1ccc(CN(C(=O)c2ccc([N+](=O)[O-])cc2)C2CC(=O)N(c3ccc(I)cc3)C2=O)cc1. The lowest BCUT2D eigenvalue weighted by Crippen LogP contribution is -2.45. The molecule has 0 spiro atoms. The molecule has 3 aromatic rings. The number of nitro benzene ring substituents is 1. The van der Waals surface area contributed by atoms with Gasteiger partial charge in [-0.2, -0.15) is 0 Å². The maximum absolute atomic E-state index is 13.5. The van der Waals surface area contributed by atoms with Crippen molar-refractivity contribution in [2.24, 2.45) is 0 Å². The molecule has 0 N–H and O–H groups in total. The van der Waals surface area contributed by atoms with Crippen LogP contribution in [0.25, 0.3) is 0 Å². The van der Waals surface area contributed by atoms with Crippen LogP contribution in [0.2, 0.25) is 0 Å². The van der Waals surface area contributed by atoms with E-state index in [2.05, 4.69) is 22.6 Å². The molecule has 1 fully saturated rings. The van der Waals surface area contributed by atoms with Gasteiger partial charge in [0.1, 0.15) is 6.04 Å². The summed E-state index contributed by atoms with van der Waals surface area (Å²) in [4.78, 5) is 52.7. The van der Waals surface area contributed by atoms with E-state index in [9.17, 15) is 24.5 Å². The summed E-state index contributed by atoms with van der Waals surface area (Å²) in [5, 5.41) is 11.0. The molecule has 4 rings (SSSR count). The smallest absolute Gasteiger partial charge is 0.269 e. The molecule has 0 radical (unpaired) electrons. The highest BCUT2D eigenvalue weighted by atomic mass is 127. The summed E-state index contributed by atoms with van der Waals surface area (Å²) < 4.78 is 0.964. The number of carbonyl (C=O) groups is 3. The van der Waals surface area contributed by atoms with E-state index < -0.39 is 22.8 Å². The number of carbonyl (C=O) groups excluding carboxylic acids is 3. The zero-order chi connectivity index (χ0) is 24.4. The maximum Gasteiger partial charge on any atom is 0.269 e. The second-order valence-electron chi connectivity index (χ2n) is 7.99. The molecule has 0 aromatic heterocycles. The number of nitro groups is 1. The lowest BCUT2D eigenvalue weighted by molar-refractivity contribution is -0.384. The number of anilines is 1. The number of halogens is 1. The monoisotopic (exact) mass is 569 g/mol. The molecule has 9 heteroatoms. The molecule has 1 atom stereocenters. The molecule has 3 aromatic carbocycles. The molecule has 1 unspecified atom stereocenters. The van der Waals surface area contributed by atoms with Crippen LogP contribution < -0.4 is 4.90 Å². The van der Waals surface area contributed by atoms with Crippen molar-refractivity contribution in [1.82, 2.24) is 4.90 Å². The van der Waals surface area contributed by atoms with Gasteiger partial charge in [0.15, 0.2) is 0 Å². The van der Waals surface area contributed by atoms with Crippen molar-refractivity contribution in [2.45, 2.75) is 25.9 Å². The van der Waals surface area contributed by atoms with Gasteiger partial charge in [-0.1, -0.05) is 29.8 Å². The Morgan fingerprint density at radius 1 is 1.03 bits per heavy atom. The van der Waals surface area contributed by atoms with E-state index >= 15 is 0 Å². The summed E-state index contributed by atoms with van der Waals surface area (Å²) in [7, 11) is 0. The van der Waals surface area contributed by atoms with Crippen molar-refractivity contribution >= 4 is 51.7 Å². The number of hydrogen-bond acceptors (Lipinski definition) is 5. The van der Waals surface area contributed by atoms with Crippen molar-refractivity contribution in [3.63, 3.8) is 0 Å². The van der Waals surface area contributed by atoms with Gasteiger partial charge in [-0.3, -0.25) is 24.5 Å². The lowest BCUT2D eigenvalue weighted by atomic mass is 10.1. The van der Waals surface area contributed by atoms with Crippen molar-refractivity contribution in [2.75, 3.05) is 4.90 Å². The second-order valence-corrected chi connectivity index (χ2v) is 9.23. The maximum atomic E-state index is 13.5. The van der Waals surface area contributed by atoms with Crippen molar-refractivity contribution in [1.29, 1.82) is 0 Å². The summed E-state index contributed by atoms with van der Waals surface area (Å²) in [5.74, 6) is -1.35. The summed E-state index contributed by atoms with van der Waals surface area (Å²) in [5.41, 5.74) is 2.36. The zero-order valence-electron chi connectivity index (χ0n) is 18.2. The minimum Gasteiger partial charge on any atom is -0.322 e. The first-order valence-electron chi connectivity index (χ1n) is 10.5. The third-order valence-corrected chi connectivity index (χ3v) is 6.36. The van der Waals surface area contributed by atoms with E-state index in [4.69, 9.17) is 0 Å². The van der Waals surface area contributed by atoms with Gasteiger partial charge in [-0.25, -0.2) is 4.90 Å². The molecule has 1 heterocycles. The van der Waals surface area contributed by atoms with Gasteiger partial charge in [0.2, 0.25) is 5.91 Å². The highest BCUT2D eigenvalue weighted by Gasteiger charge is 2.44. The van der Waals surface area contributed by atoms with E-state index in [1.54, 1.807) is 24.3 Å². The third kappa shape index (κ3) is 4.84. The van der Waals surface area contributed by atoms with E-state index in [0.717, 1.165) is 19.6 Å². The molecule has 172 valence electrons. The Kier molecular flexibility index (Phi) is 6.73. The number of imide groups is 1. The van der Waals surface area contributed by atoms with Gasteiger partial charge in [-0.15, -0.1) is 0 Å². The predicted octanol–water partition coefficient (Wildman–Crippen LogP) is 4.48. The average molecular weight is 569 g/mol. The first-order valence-corrected chi connectivity index (χ1v) is 11.6. The van der Waals surface area contributed by atoms with Crippen LogP contribution in [-0.4, -0.2) is 33.6 Å². The van der Waals surface area contributed by atoms with Gasteiger partial charge < -0.3 is 4.90 Å². The van der Waals surface area contributed by atoms with E-state index in [-0.39, 0.29) is 30.1 Å². The highest BCUT2D eigenvalue weighted by molar-refractivity contribution is 14.1. The van der Waals surface area contributed by atoms with E-state index in [1.165, 1.54) is 29.2 Å². The fraction of sp³-hybridized carbons (Fsp3) is 0.160. The predicted molar refractivity (Wildman–Crippen MR) is 134 cm³/mol. The Morgan fingerprint density at radius 2 is 1.65 bits per heavy atom. The molecule has 0 aliphatic carbocycles. The Morgan fingerprint density at radius 3 is 2.24 bits per heavy atom. The first-order chi connectivity index (χ1) is 16.2. The van der Waals surface area contributed by atoms with Gasteiger partial charge in [0.25, 0.3) is 17.5 Å². The molecule has 0 bridgehead atoms. The minimum atomic E-state index is -0.990. The quantitative estimate of drug-likeness (QED) is 0.189. The Balaban J connectivity index is 1.68. The fourth-order valence-corrected chi connectivity index (χ4v) is 4.19. The first kappa shape index (κ1) is 23.6. The van der Waals surface area contributed by atoms with Crippen LogP contribution in [-0.2, 0) is 16.1 Å². The second kappa shape index (κ2) is 9.72. The lowest BCUT2D eigenvalue weighted by Gasteiger charge is -2.28. The molecule has 3 amide bonds. The third-order valence-electron chi connectivity index (χ3n) is 5.64. The summed E-state index contributed by atoms with van der Waals surface area (Å²) in [6.07, 6.45) is -0.143. The van der Waals surface area contributed by atoms with E-state index in [1.807, 2.05) is 31.2 Å². The number of benzene rings is 3. The molecule has 1 aliphatic rings. The minimum absolute atomic E-state index is 0.111. The van der Waals surface area contributed by atoms with Crippen molar-refractivity contribution < 1.29 is 19.3 Å². The summed E-state index contributed by atoms with van der Waals surface area (Å²) >= 11 is 2.14. The number of hydrogen-bond donors (Lipinski definition) is 0. The number of nitrogens with zero attached hydrogens (tertiary/aromatic N) is 3. The average Bonchev–Trinajstić information content (AvgIpc) is 3.12.